The minimum Gasteiger partial charge on any atom is -0.493 e. The van der Waals surface area contributed by atoms with Gasteiger partial charge in [-0.25, -0.2) is 4.79 Å². The fourth-order valence-corrected chi connectivity index (χ4v) is 2.05. The standard InChI is InChI=1S/C17H24N2O6/c1-4-5-6-12(17(22)23)19-16(21)11-7-8-13(14(9-11)24-3)25-10-15(20)18-2/h7-9,12H,4-6,10H2,1-3H3,(H,18,20)(H,19,21)(H,22,23). The van der Waals surface area contributed by atoms with E-state index in [-0.39, 0.29) is 23.8 Å². The first-order chi connectivity index (χ1) is 11.9. The Morgan fingerprint density at radius 3 is 2.52 bits per heavy atom. The highest BCUT2D eigenvalue weighted by molar-refractivity contribution is 5.97. The summed E-state index contributed by atoms with van der Waals surface area (Å²) < 4.78 is 10.5. The van der Waals surface area contributed by atoms with E-state index >= 15 is 0 Å². The van der Waals surface area contributed by atoms with Crippen molar-refractivity contribution in [3.8, 4) is 11.5 Å². The van der Waals surface area contributed by atoms with Crippen molar-refractivity contribution in [3.05, 3.63) is 23.8 Å². The van der Waals surface area contributed by atoms with E-state index < -0.39 is 17.9 Å². The van der Waals surface area contributed by atoms with Gasteiger partial charge in [0, 0.05) is 12.6 Å². The number of carboxylic acids is 1. The molecule has 1 unspecified atom stereocenters. The van der Waals surface area contributed by atoms with Crippen LogP contribution in [0.2, 0.25) is 0 Å². The number of benzene rings is 1. The number of rotatable bonds is 10. The van der Waals surface area contributed by atoms with E-state index in [9.17, 15) is 19.5 Å². The van der Waals surface area contributed by atoms with Crippen LogP contribution in [0.15, 0.2) is 18.2 Å². The first-order valence-electron chi connectivity index (χ1n) is 7.98. The SMILES string of the molecule is CCCCC(NC(=O)c1ccc(OCC(=O)NC)c(OC)c1)C(=O)O. The second-order valence-electron chi connectivity index (χ2n) is 5.33. The Morgan fingerprint density at radius 1 is 1.24 bits per heavy atom. The molecular formula is C17H24N2O6. The maximum absolute atomic E-state index is 12.3. The maximum Gasteiger partial charge on any atom is 0.326 e. The quantitative estimate of drug-likeness (QED) is 0.583. The molecule has 8 nitrogen and oxygen atoms in total. The smallest absolute Gasteiger partial charge is 0.326 e. The van der Waals surface area contributed by atoms with Gasteiger partial charge in [-0.3, -0.25) is 9.59 Å². The van der Waals surface area contributed by atoms with Crippen molar-refractivity contribution in [1.29, 1.82) is 0 Å². The molecule has 0 bridgehead atoms. The molecule has 0 fully saturated rings. The van der Waals surface area contributed by atoms with Crippen LogP contribution in [-0.4, -0.2) is 49.7 Å². The van der Waals surface area contributed by atoms with Crippen LogP contribution in [0.4, 0.5) is 0 Å². The number of carboxylic acid groups (broad SMARTS) is 1. The molecule has 1 aromatic rings. The summed E-state index contributed by atoms with van der Waals surface area (Å²) in [6.45, 7) is 1.76. The molecule has 2 amide bonds. The number of nitrogens with one attached hydrogen (secondary N) is 2. The number of hydrogen-bond acceptors (Lipinski definition) is 5. The van der Waals surface area contributed by atoms with Crippen LogP contribution < -0.4 is 20.1 Å². The largest absolute Gasteiger partial charge is 0.493 e. The lowest BCUT2D eigenvalue weighted by molar-refractivity contribution is -0.139. The summed E-state index contributed by atoms with van der Waals surface area (Å²) >= 11 is 0. The summed E-state index contributed by atoms with van der Waals surface area (Å²) in [5.41, 5.74) is 0.242. The molecular weight excluding hydrogens is 328 g/mol. The lowest BCUT2D eigenvalue weighted by atomic mass is 10.1. The van der Waals surface area contributed by atoms with Crippen LogP contribution in [0.5, 0.6) is 11.5 Å². The van der Waals surface area contributed by atoms with Crippen LogP contribution in [0.3, 0.4) is 0 Å². The van der Waals surface area contributed by atoms with E-state index in [0.717, 1.165) is 6.42 Å². The number of methoxy groups -OCH3 is 1. The van der Waals surface area contributed by atoms with Gasteiger partial charge in [0.05, 0.1) is 7.11 Å². The van der Waals surface area contributed by atoms with Gasteiger partial charge in [-0.2, -0.15) is 0 Å². The summed E-state index contributed by atoms with van der Waals surface area (Å²) in [4.78, 5) is 34.7. The molecule has 0 aliphatic heterocycles. The zero-order valence-corrected chi connectivity index (χ0v) is 14.6. The Hall–Kier alpha value is -2.77. The molecule has 1 atom stereocenters. The first-order valence-corrected chi connectivity index (χ1v) is 7.98. The molecule has 0 saturated heterocycles. The summed E-state index contributed by atoms with van der Waals surface area (Å²) in [5.74, 6) is -1.30. The molecule has 0 aromatic heterocycles. The highest BCUT2D eigenvalue weighted by Crippen LogP contribution is 2.28. The molecule has 25 heavy (non-hydrogen) atoms. The van der Waals surface area contributed by atoms with Gasteiger partial charge in [0.2, 0.25) is 0 Å². The van der Waals surface area contributed by atoms with E-state index in [0.29, 0.717) is 18.6 Å². The van der Waals surface area contributed by atoms with Crippen LogP contribution in [-0.2, 0) is 9.59 Å². The number of likely N-dealkylation sites (N-methyl/N-ethyl adjacent to an activating group) is 1. The Kier molecular flexibility index (Phi) is 8.25. The zero-order chi connectivity index (χ0) is 18.8. The molecule has 0 heterocycles. The van der Waals surface area contributed by atoms with Gasteiger partial charge in [0.15, 0.2) is 18.1 Å². The minimum absolute atomic E-state index is 0.184. The zero-order valence-electron chi connectivity index (χ0n) is 14.6. The van der Waals surface area contributed by atoms with Gasteiger partial charge in [0.25, 0.3) is 11.8 Å². The number of amides is 2. The van der Waals surface area contributed by atoms with Gasteiger partial charge in [-0.05, 0) is 24.6 Å². The molecule has 0 aliphatic carbocycles. The second-order valence-corrected chi connectivity index (χ2v) is 5.33. The number of aliphatic carboxylic acids is 1. The van der Waals surface area contributed by atoms with Gasteiger partial charge >= 0.3 is 5.97 Å². The van der Waals surface area contributed by atoms with E-state index in [1.807, 2.05) is 6.92 Å². The molecule has 3 N–H and O–H groups in total. The number of ether oxygens (including phenoxy) is 2. The van der Waals surface area contributed by atoms with Crippen molar-refractivity contribution in [2.45, 2.75) is 32.2 Å². The highest BCUT2D eigenvalue weighted by Gasteiger charge is 2.21. The molecule has 0 saturated carbocycles. The molecule has 1 aromatic carbocycles. The normalized spacial score (nSPS) is 11.3. The maximum atomic E-state index is 12.3. The van der Waals surface area contributed by atoms with Gasteiger partial charge in [0.1, 0.15) is 6.04 Å². The number of hydrogen-bond donors (Lipinski definition) is 3. The number of carbonyl (C=O) groups excluding carboxylic acids is 2. The summed E-state index contributed by atoms with van der Waals surface area (Å²) in [6, 6.07) is 3.48. The van der Waals surface area contributed by atoms with E-state index in [2.05, 4.69) is 10.6 Å². The topological polar surface area (TPSA) is 114 Å². The first kappa shape index (κ1) is 20.3. The Balaban J connectivity index is 2.85. The van der Waals surface area contributed by atoms with Crippen molar-refractivity contribution < 1.29 is 29.0 Å². The molecule has 1 rings (SSSR count). The third kappa shape index (κ3) is 6.33. The van der Waals surface area contributed by atoms with Crippen LogP contribution in [0, 0.1) is 0 Å². The fraction of sp³-hybridized carbons (Fsp3) is 0.471. The van der Waals surface area contributed by atoms with Gasteiger partial charge in [-0.15, -0.1) is 0 Å². The van der Waals surface area contributed by atoms with Crippen molar-refractivity contribution in [2.24, 2.45) is 0 Å². The fourth-order valence-electron chi connectivity index (χ4n) is 2.05. The molecule has 0 aliphatic rings. The highest BCUT2D eigenvalue weighted by atomic mass is 16.5. The predicted molar refractivity (Wildman–Crippen MR) is 91.0 cm³/mol. The third-order valence-corrected chi connectivity index (χ3v) is 3.51. The van der Waals surface area contributed by atoms with Crippen LogP contribution in [0.25, 0.3) is 0 Å². The minimum atomic E-state index is -1.07. The van der Waals surface area contributed by atoms with Crippen molar-refractivity contribution in [2.75, 3.05) is 20.8 Å². The van der Waals surface area contributed by atoms with Crippen LogP contribution in [0.1, 0.15) is 36.5 Å². The molecule has 8 heteroatoms. The van der Waals surface area contributed by atoms with Gasteiger partial charge < -0.3 is 25.2 Å². The second kappa shape index (κ2) is 10.2. The van der Waals surface area contributed by atoms with E-state index in [1.165, 1.54) is 32.4 Å². The Morgan fingerprint density at radius 2 is 1.96 bits per heavy atom. The lowest BCUT2D eigenvalue weighted by Gasteiger charge is -2.15. The van der Waals surface area contributed by atoms with Crippen LogP contribution >= 0.6 is 0 Å². The Bertz CT molecular complexity index is 617. The lowest BCUT2D eigenvalue weighted by Crippen LogP contribution is -2.40. The summed E-state index contributed by atoms with van der Waals surface area (Å²) in [5, 5.41) is 14.1. The number of unbranched alkanes of at least 4 members (excludes halogenated alkanes) is 1. The average molecular weight is 352 g/mol. The molecule has 0 radical (unpaired) electrons. The van der Waals surface area contributed by atoms with E-state index in [1.54, 1.807) is 0 Å². The third-order valence-electron chi connectivity index (χ3n) is 3.51. The van der Waals surface area contributed by atoms with Crippen molar-refractivity contribution in [3.63, 3.8) is 0 Å². The summed E-state index contributed by atoms with van der Waals surface area (Å²) in [7, 11) is 2.90. The number of carbonyl (C=O) groups is 3. The van der Waals surface area contributed by atoms with Crippen molar-refractivity contribution in [1.82, 2.24) is 10.6 Å². The predicted octanol–water partition coefficient (Wildman–Crippen LogP) is 1.19. The van der Waals surface area contributed by atoms with Crippen molar-refractivity contribution >= 4 is 17.8 Å². The average Bonchev–Trinajstić information content (AvgIpc) is 2.62. The van der Waals surface area contributed by atoms with E-state index in [4.69, 9.17) is 9.47 Å². The Labute approximate surface area is 146 Å². The van der Waals surface area contributed by atoms with Gasteiger partial charge in [-0.1, -0.05) is 19.8 Å². The monoisotopic (exact) mass is 352 g/mol. The molecule has 0 spiro atoms. The summed E-state index contributed by atoms with van der Waals surface area (Å²) in [6.07, 6.45) is 1.90. The molecule has 138 valence electrons.